The van der Waals surface area contributed by atoms with Crippen molar-refractivity contribution in [3.05, 3.63) is 0 Å². The summed E-state index contributed by atoms with van der Waals surface area (Å²) in [5.41, 5.74) is 0. The molecular weight excluding hydrogens is 170 g/mol. The van der Waals surface area contributed by atoms with Crippen LogP contribution in [-0.2, 0) is 10.8 Å². The number of nitrogens with one attached hydrogen (secondary N) is 1. The Kier molecular flexibility index (Phi) is 4.22. The van der Waals surface area contributed by atoms with E-state index in [1.165, 1.54) is 0 Å². The molecule has 72 valence electrons. The Morgan fingerprint density at radius 1 is 1.42 bits per heavy atom. The monoisotopic (exact) mass is 189 g/mol. The minimum atomic E-state index is -0.577. The van der Waals surface area contributed by atoms with Crippen LogP contribution in [0.2, 0.25) is 0 Å². The van der Waals surface area contributed by atoms with Gasteiger partial charge in [-0.3, -0.25) is 4.21 Å². The van der Waals surface area contributed by atoms with Crippen LogP contribution in [0.25, 0.3) is 0 Å². The van der Waals surface area contributed by atoms with E-state index in [2.05, 4.69) is 19.2 Å². The zero-order valence-electron chi connectivity index (χ0n) is 8.01. The Morgan fingerprint density at radius 3 is 2.33 bits per heavy atom. The molecule has 2 nitrogen and oxygen atoms in total. The lowest BCUT2D eigenvalue weighted by Crippen LogP contribution is -2.45. The maximum absolute atomic E-state index is 11.7. The Hall–Kier alpha value is 0.110. The summed E-state index contributed by atoms with van der Waals surface area (Å²) < 4.78 is 11.7. The summed E-state index contributed by atoms with van der Waals surface area (Å²) in [4.78, 5) is 0. The van der Waals surface area contributed by atoms with Gasteiger partial charge in [-0.1, -0.05) is 13.8 Å². The lowest BCUT2D eigenvalue weighted by Gasteiger charge is -2.27. The predicted molar refractivity (Wildman–Crippen MR) is 53.7 cm³/mol. The van der Waals surface area contributed by atoms with Crippen LogP contribution in [-0.4, -0.2) is 28.3 Å². The van der Waals surface area contributed by atoms with Crippen molar-refractivity contribution in [3.8, 4) is 0 Å². The molecule has 0 aromatic carbocycles. The molecule has 1 unspecified atom stereocenters. The van der Waals surface area contributed by atoms with Gasteiger partial charge >= 0.3 is 0 Å². The summed E-state index contributed by atoms with van der Waals surface area (Å²) in [7, 11) is -0.577. The first-order valence-electron chi connectivity index (χ1n) is 4.85. The zero-order valence-corrected chi connectivity index (χ0v) is 8.82. The first-order valence-corrected chi connectivity index (χ1v) is 6.24. The van der Waals surface area contributed by atoms with Crippen molar-refractivity contribution in [2.75, 3.05) is 18.8 Å². The van der Waals surface area contributed by atoms with Crippen molar-refractivity contribution in [1.82, 2.24) is 5.32 Å². The van der Waals surface area contributed by atoms with Gasteiger partial charge in [-0.2, -0.15) is 0 Å². The van der Waals surface area contributed by atoms with Crippen molar-refractivity contribution >= 4 is 10.8 Å². The maximum Gasteiger partial charge on any atom is 0.0342 e. The molecule has 1 rings (SSSR count). The van der Waals surface area contributed by atoms with Crippen molar-refractivity contribution in [1.29, 1.82) is 0 Å². The highest BCUT2D eigenvalue weighted by atomic mass is 32.2. The second kappa shape index (κ2) is 4.97. The molecule has 1 fully saturated rings. The Balaban J connectivity index is 2.24. The molecule has 12 heavy (non-hydrogen) atoms. The molecule has 1 aliphatic rings. The molecule has 0 amide bonds. The van der Waals surface area contributed by atoms with Gasteiger partial charge in [0.1, 0.15) is 0 Å². The second-order valence-corrected chi connectivity index (χ2v) is 5.27. The minimum Gasteiger partial charge on any atom is -0.316 e. The Labute approximate surface area is 77.6 Å². The normalized spacial score (nSPS) is 20.9. The minimum absolute atomic E-state index is 0.436. The van der Waals surface area contributed by atoms with E-state index >= 15 is 0 Å². The van der Waals surface area contributed by atoms with Gasteiger partial charge in [0.15, 0.2) is 0 Å². The first kappa shape index (κ1) is 10.2. The molecule has 0 saturated carbocycles. The molecule has 0 spiro atoms. The molecular formula is C9H19NOS. The average molecular weight is 189 g/mol. The third kappa shape index (κ3) is 2.56. The third-order valence-electron chi connectivity index (χ3n) is 2.55. The van der Waals surface area contributed by atoms with Gasteiger partial charge in [-0.15, -0.1) is 0 Å². The van der Waals surface area contributed by atoms with E-state index < -0.39 is 10.8 Å². The van der Waals surface area contributed by atoms with Gasteiger partial charge < -0.3 is 5.32 Å². The first-order chi connectivity index (χ1) is 5.77. The molecule has 0 aromatic rings. The number of hydrogen-bond acceptors (Lipinski definition) is 2. The molecule has 0 radical (unpaired) electrons. The third-order valence-corrected chi connectivity index (χ3v) is 4.76. The van der Waals surface area contributed by atoms with Crippen LogP contribution in [0.4, 0.5) is 0 Å². The van der Waals surface area contributed by atoms with Crippen LogP contribution >= 0.6 is 0 Å². The zero-order chi connectivity index (χ0) is 8.97. The molecule has 1 saturated heterocycles. The van der Waals surface area contributed by atoms with Crippen LogP contribution in [0, 0.1) is 5.92 Å². The smallest absolute Gasteiger partial charge is 0.0342 e. The summed E-state index contributed by atoms with van der Waals surface area (Å²) in [5, 5.41) is 3.64. The molecule has 0 aliphatic carbocycles. The molecule has 0 bridgehead atoms. The maximum atomic E-state index is 11.7. The lowest BCUT2D eigenvalue weighted by atomic mass is 10.1. The second-order valence-electron chi connectivity index (χ2n) is 3.51. The average Bonchev–Trinajstić information content (AvgIpc) is 1.99. The number of rotatable bonds is 5. The van der Waals surface area contributed by atoms with Crippen molar-refractivity contribution in [2.24, 2.45) is 5.92 Å². The van der Waals surface area contributed by atoms with Crippen molar-refractivity contribution in [2.45, 2.75) is 31.9 Å². The van der Waals surface area contributed by atoms with Gasteiger partial charge in [0.05, 0.1) is 0 Å². The fourth-order valence-corrected chi connectivity index (χ4v) is 3.21. The molecule has 3 heteroatoms. The summed E-state index contributed by atoms with van der Waals surface area (Å²) >= 11 is 0. The lowest BCUT2D eigenvalue weighted by molar-refractivity contribution is 0.381. The van der Waals surface area contributed by atoms with E-state index in [-0.39, 0.29) is 0 Å². The van der Waals surface area contributed by atoms with Gasteiger partial charge in [0.2, 0.25) is 0 Å². The molecule has 1 aliphatic heterocycles. The van der Waals surface area contributed by atoms with E-state index in [9.17, 15) is 4.21 Å². The SMILES string of the molecule is CCC(CC)S(=O)CC1CNC1. The molecule has 1 heterocycles. The highest BCUT2D eigenvalue weighted by Gasteiger charge is 2.22. The van der Waals surface area contributed by atoms with E-state index in [0.29, 0.717) is 11.2 Å². The fraction of sp³-hybridized carbons (Fsp3) is 1.00. The van der Waals surface area contributed by atoms with Crippen LogP contribution in [0.3, 0.4) is 0 Å². The Bertz CT molecular complexity index is 153. The van der Waals surface area contributed by atoms with Crippen molar-refractivity contribution in [3.63, 3.8) is 0 Å². The van der Waals surface area contributed by atoms with Crippen LogP contribution in [0.1, 0.15) is 26.7 Å². The summed E-state index contributed by atoms with van der Waals surface area (Å²) in [6, 6.07) is 0. The van der Waals surface area contributed by atoms with Gasteiger partial charge in [-0.25, -0.2) is 0 Å². The topological polar surface area (TPSA) is 29.1 Å². The van der Waals surface area contributed by atoms with Crippen LogP contribution in [0.15, 0.2) is 0 Å². The Morgan fingerprint density at radius 2 is 2.00 bits per heavy atom. The largest absolute Gasteiger partial charge is 0.316 e. The summed E-state index contributed by atoms with van der Waals surface area (Å²) in [6.07, 6.45) is 2.12. The van der Waals surface area contributed by atoms with E-state index in [1.54, 1.807) is 0 Å². The summed E-state index contributed by atoms with van der Waals surface area (Å²) in [6.45, 7) is 6.41. The predicted octanol–water partition coefficient (Wildman–Crippen LogP) is 1.14. The fourth-order valence-electron chi connectivity index (χ4n) is 1.50. The summed E-state index contributed by atoms with van der Waals surface area (Å²) in [5.74, 6) is 1.60. The molecule has 1 N–H and O–H groups in total. The van der Waals surface area contributed by atoms with Gasteiger partial charge in [0.25, 0.3) is 0 Å². The quantitative estimate of drug-likeness (QED) is 0.703. The van der Waals surface area contributed by atoms with Crippen molar-refractivity contribution < 1.29 is 4.21 Å². The number of hydrogen-bond donors (Lipinski definition) is 1. The van der Waals surface area contributed by atoms with Gasteiger partial charge in [-0.05, 0) is 18.8 Å². The van der Waals surface area contributed by atoms with E-state index in [0.717, 1.165) is 31.7 Å². The van der Waals surface area contributed by atoms with E-state index in [1.807, 2.05) is 0 Å². The van der Waals surface area contributed by atoms with Gasteiger partial charge in [0, 0.05) is 34.9 Å². The molecule has 0 aromatic heterocycles. The highest BCUT2D eigenvalue weighted by Crippen LogP contribution is 2.12. The molecule has 1 atom stereocenters. The highest BCUT2D eigenvalue weighted by molar-refractivity contribution is 7.85. The van der Waals surface area contributed by atoms with Crippen LogP contribution < -0.4 is 5.32 Å². The van der Waals surface area contributed by atoms with Crippen LogP contribution in [0.5, 0.6) is 0 Å². The van der Waals surface area contributed by atoms with E-state index in [4.69, 9.17) is 0 Å². The standard InChI is InChI=1S/C9H19NOS/c1-3-9(4-2)12(11)7-8-5-10-6-8/h8-10H,3-7H2,1-2H3.